The van der Waals surface area contributed by atoms with Gasteiger partial charge in [-0.1, -0.05) is 88.1 Å². The van der Waals surface area contributed by atoms with E-state index in [-0.39, 0.29) is 12.2 Å². The SMILES string of the molecule is CCCCCc1ccc(C2COC(c3ccc(CCCCC)cc3)CO2)cc1. The molecule has 1 heterocycles. The van der Waals surface area contributed by atoms with Gasteiger partial charge in [-0.15, -0.1) is 0 Å². The van der Waals surface area contributed by atoms with E-state index < -0.39 is 0 Å². The maximum Gasteiger partial charge on any atom is 0.106 e. The lowest BCUT2D eigenvalue weighted by atomic mass is 10.0. The summed E-state index contributed by atoms with van der Waals surface area (Å²) < 4.78 is 12.3. The number of hydrogen-bond acceptors (Lipinski definition) is 2. The molecule has 1 aliphatic heterocycles. The van der Waals surface area contributed by atoms with Crippen molar-refractivity contribution in [2.45, 2.75) is 77.4 Å². The predicted octanol–water partition coefficient (Wildman–Crippen LogP) is 6.98. The molecule has 1 aliphatic rings. The molecular formula is C26H36O2. The fourth-order valence-corrected chi connectivity index (χ4v) is 3.84. The summed E-state index contributed by atoms with van der Waals surface area (Å²) in [5, 5.41) is 0. The quantitative estimate of drug-likeness (QED) is 0.414. The van der Waals surface area contributed by atoms with Gasteiger partial charge in [0.05, 0.1) is 13.2 Å². The smallest absolute Gasteiger partial charge is 0.106 e. The molecule has 2 atom stereocenters. The van der Waals surface area contributed by atoms with Crippen LogP contribution in [0.5, 0.6) is 0 Å². The highest BCUT2D eigenvalue weighted by Crippen LogP contribution is 2.30. The van der Waals surface area contributed by atoms with Crippen LogP contribution in [-0.2, 0) is 22.3 Å². The monoisotopic (exact) mass is 380 g/mol. The highest BCUT2D eigenvalue weighted by atomic mass is 16.6. The van der Waals surface area contributed by atoms with Gasteiger partial charge >= 0.3 is 0 Å². The molecule has 0 amide bonds. The largest absolute Gasteiger partial charge is 0.368 e. The van der Waals surface area contributed by atoms with Crippen molar-refractivity contribution in [3.8, 4) is 0 Å². The van der Waals surface area contributed by atoms with Crippen LogP contribution >= 0.6 is 0 Å². The van der Waals surface area contributed by atoms with Gasteiger partial charge in [-0.3, -0.25) is 0 Å². The molecule has 2 unspecified atom stereocenters. The van der Waals surface area contributed by atoms with Gasteiger partial charge < -0.3 is 9.47 Å². The summed E-state index contributed by atoms with van der Waals surface area (Å²) in [6.45, 7) is 5.74. The third kappa shape index (κ3) is 6.18. The molecule has 0 saturated carbocycles. The van der Waals surface area contributed by atoms with Crippen molar-refractivity contribution in [1.29, 1.82) is 0 Å². The fourth-order valence-electron chi connectivity index (χ4n) is 3.84. The van der Waals surface area contributed by atoms with E-state index in [0.717, 1.165) is 0 Å². The van der Waals surface area contributed by atoms with Crippen LogP contribution in [0.4, 0.5) is 0 Å². The average molecular weight is 381 g/mol. The van der Waals surface area contributed by atoms with E-state index in [1.165, 1.54) is 73.6 Å². The van der Waals surface area contributed by atoms with E-state index in [9.17, 15) is 0 Å². The number of hydrogen-bond donors (Lipinski definition) is 0. The number of rotatable bonds is 10. The van der Waals surface area contributed by atoms with Crippen molar-refractivity contribution in [2.24, 2.45) is 0 Å². The third-order valence-corrected chi connectivity index (χ3v) is 5.74. The standard InChI is InChI=1S/C26H36O2/c1-3-5-7-9-21-11-15-23(16-12-21)25-19-28-26(20-27-25)24-17-13-22(14-18-24)10-8-6-4-2/h11-18,25-26H,3-10,19-20H2,1-2H3. The Labute approximate surface area is 171 Å². The second-order valence-electron chi connectivity index (χ2n) is 8.04. The van der Waals surface area contributed by atoms with Crippen LogP contribution in [0.2, 0.25) is 0 Å². The molecule has 0 spiro atoms. The zero-order valence-corrected chi connectivity index (χ0v) is 17.7. The van der Waals surface area contributed by atoms with Gasteiger partial charge in [-0.05, 0) is 47.9 Å². The minimum absolute atomic E-state index is 0.0502. The minimum atomic E-state index is 0.0502. The highest BCUT2D eigenvalue weighted by molar-refractivity contribution is 5.26. The molecule has 0 aromatic heterocycles. The molecule has 2 nitrogen and oxygen atoms in total. The molecule has 3 rings (SSSR count). The molecule has 0 radical (unpaired) electrons. The first-order valence-corrected chi connectivity index (χ1v) is 11.2. The van der Waals surface area contributed by atoms with Crippen molar-refractivity contribution < 1.29 is 9.47 Å². The molecule has 0 bridgehead atoms. The van der Waals surface area contributed by atoms with Crippen molar-refractivity contribution in [3.05, 3.63) is 70.8 Å². The van der Waals surface area contributed by atoms with Gasteiger partial charge in [0, 0.05) is 0 Å². The Morgan fingerprint density at radius 3 is 1.32 bits per heavy atom. The Hall–Kier alpha value is -1.64. The van der Waals surface area contributed by atoms with Crippen molar-refractivity contribution in [2.75, 3.05) is 13.2 Å². The second kappa shape index (κ2) is 11.4. The number of aryl methyl sites for hydroxylation is 2. The molecule has 0 aliphatic carbocycles. The topological polar surface area (TPSA) is 18.5 Å². The van der Waals surface area contributed by atoms with Crippen LogP contribution in [0.1, 0.15) is 86.8 Å². The van der Waals surface area contributed by atoms with Gasteiger partial charge in [0.15, 0.2) is 0 Å². The first-order valence-electron chi connectivity index (χ1n) is 11.2. The van der Waals surface area contributed by atoms with Gasteiger partial charge in [0.2, 0.25) is 0 Å². The molecule has 1 fully saturated rings. The Balaban J connectivity index is 1.47. The lowest BCUT2D eigenvalue weighted by molar-refractivity contribution is -0.137. The Kier molecular flexibility index (Phi) is 8.57. The predicted molar refractivity (Wildman–Crippen MR) is 117 cm³/mol. The molecular weight excluding hydrogens is 344 g/mol. The first kappa shape index (κ1) is 21.1. The zero-order valence-electron chi connectivity index (χ0n) is 17.7. The van der Waals surface area contributed by atoms with E-state index in [1.54, 1.807) is 0 Å². The van der Waals surface area contributed by atoms with Gasteiger partial charge in [-0.25, -0.2) is 0 Å². The molecule has 28 heavy (non-hydrogen) atoms. The van der Waals surface area contributed by atoms with Crippen LogP contribution in [0, 0.1) is 0 Å². The lowest BCUT2D eigenvalue weighted by Crippen LogP contribution is -2.25. The van der Waals surface area contributed by atoms with Crippen LogP contribution in [-0.4, -0.2) is 13.2 Å². The zero-order chi connectivity index (χ0) is 19.6. The summed E-state index contributed by atoms with van der Waals surface area (Å²) in [5.74, 6) is 0. The average Bonchev–Trinajstić information content (AvgIpc) is 2.75. The summed E-state index contributed by atoms with van der Waals surface area (Å²) >= 11 is 0. The highest BCUT2D eigenvalue weighted by Gasteiger charge is 2.24. The van der Waals surface area contributed by atoms with Crippen molar-refractivity contribution in [1.82, 2.24) is 0 Å². The summed E-state index contributed by atoms with van der Waals surface area (Å²) in [7, 11) is 0. The lowest BCUT2D eigenvalue weighted by Gasteiger charge is -2.30. The van der Waals surface area contributed by atoms with Gasteiger partial charge in [-0.2, -0.15) is 0 Å². The number of unbranched alkanes of at least 4 members (excludes halogenated alkanes) is 4. The minimum Gasteiger partial charge on any atom is -0.368 e. The van der Waals surface area contributed by atoms with Crippen LogP contribution < -0.4 is 0 Å². The molecule has 1 saturated heterocycles. The molecule has 0 N–H and O–H groups in total. The Bertz CT molecular complexity index is 605. The maximum atomic E-state index is 6.15. The fraction of sp³-hybridized carbons (Fsp3) is 0.538. The molecule has 2 heteroatoms. The van der Waals surface area contributed by atoms with Crippen LogP contribution in [0.25, 0.3) is 0 Å². The summed E-state index contributed by atoms with van der Waals surface area (Å²) in [6, 6.07) is 17.8. The second-order valence-corrected chi connectivity index (χ2v) is 8.04. The Morgan fingerprint density at radius 2 is 1.00 bits per heavy atom. The first-order chi connectivity index (χ1) is 13.8. The van der Waals surface area contributed by atoms with Gasteiger partial charge in [0.25, 0.3) is 0 Å². The molecule has 2 aromatic carbocycles. The van der Waals surface area contributed by atoms with E-state index >= 15 is 0 Å². The normalized spacial score (nSPS) is 19.6. The van der Waals surface area contributed by atoms with Crippen LogP contribution in [0.15, 0.2) is 48.5 Å². The summed E-state index contributed by atoms with van der Waals surface area (Å²) in [4.78, 5) is 0. The maximum absolute atomic E-state index is 6.15. The number of benzene rings is 2. The summed E-state index contributed by atoms with van der Waals surface area (Å²) in [6.07, 6.45) is 10.2. The Morgan fingerprint density at radius 1 is 0.607 bits per heavy atom. The third-order valence-electron chi connectivity index (χ3n) is 5.74. The number of ether oxygens (including phenoxy) is 2. The van der Waals surface area contributed by atoms with E-state index in [2.05, 4.69) is 62.4 Å². The van der Waals surface area contributed by atoms with Crippen LogP contribution in [0.3, 0.4) is 0 Å². The molecule has 152 valence electrons. The van der Waals surface area contributed by atoms with E-state index in [1.807, 2.05) is 0 Å². The van der Waals surface area contributed by atoms with E-state index in [0.29, 0.717) is 13.2 Å². The van der Waals surface area contributed by atoms with Crippen molar-refractivity contribution in [3.63, 3.8) is 0 Å². The summed E-state index contributed by atoms with van der Waals surface area (Å²) in [5.41, 5.74) is 5.30. The molecule has 2 aromatic rings. The van der Waals surface area contributed by atoms with E-state index in [4.69, 9.17) is 9.47 Å². The van der Waals surface area contributed by atoms with Crippen molar-refractivity contribution >= 4 is 0 Å². The van der Waals surface area contributed by atoms with Gasteiger partial charge in [0.1, 0.15) is 12.2 Å².